The normalized spacial score (nSPS) is 20.4. The molecule has 0 spiro atoms. The Kier molecular flexibility index (Phi) is 6.15. The van der Waals surface area contributed by atoms with Crippen molar-refractivity contribution in [2.24, 2.45) is 5.92 Å². The van der Waals surface area contributed by atoms with E-state index < -0.39 is 0 Å². The molecule has 1 N–H and O–H groups in total. The van der Waals surface area contributed by atoms with Crippen molar-refractivity contribution in [3.8, 4) is 0 Å². The summed E-state index contributed by atoms with van der Waals surface area (Å²) < 4.78 is 2.48. The summed E-state index contributed by atoms with van der Waals surface area (Å²) >= 11 is 0. The van der Waals surface area contributed by atoms with Crippen LogP contribution in [0.4, 0.5) is 0 Å². The number of fused-ring (bicyclic) bond motifs is 1. The van der Waals surface area contributed by atoms with Gasteiger partial charge < -0.3 is 9.88 Å². The van der Waals surface area contributed by atoms with E-state index in [9.17, 15) is 0 Å². The minimum absolute atomic E-state index is 0.574. The molecule has 0 aliphatic heterocycles. The summed E-state index contributed by atoms with van der Waals surface area (Å²) in [4.78, 5) is 0. The van der Waals surface area contributed by atoms with Crippen LogP contribution in [0.2, 0.25) is 0 Å². The average molecular weight is 276 g/mol. The standard InChI is InChI=1S/C18H32N2/c1-4-6-9-15(5-2)12-20-13-16-10-7-8-11-18(19-3)17(16)14-20/h13-15,18-19H,4-12H2,1-3H3. The summed E-state index contributed by atoms with van der Waals surface area (Å²) in [5.74, 6) is 0.846. The monoisotopic (exact) mass is 276 g/mol. The van der Waals surface area contributed by atoms with E-state index in [0.717, 1.165) is 5.92 Å². The van der Waals surface area contributed by atoms with Crippen LogP contribution in [0.3, 0.4) is 0 Å². The van der Waals surface area contributed by atoms with Crippen LogP contribution in [0.25, 0.3) is 0 Å². The van der Waals surface area contributed by atoms with Crippen molar-refractivity contribution in [1.82, 2.24) is 9.88 Å². The van der Waals surface area contributed by atoms with Crippen LogP contribution in [0, 0.1) is 5.92 Å². The predicted octanol–water partition coefficient (Wildman–Crippen LogP) is 4.69. The lowest BCUT2D eigenvalue weighted by molar-refractivity contribution is 0.390. The fraction of sp³-hybridized carbons (Fsp3) is 0.778. The van der Waals surface area contributed by atoms with Gasteiger partial charge in [0.25, 0.3) is 0 Å². The number of hydrogen-bond donors (Lipinski definition) is 1. The van der Waals surface area contributed by atoms with E-state index in [0.29, 0.717) is 6.04 Å². The SMILES string of the molecule is CCCCC(CC)Cn1cc2c(c1)C(NC)CCCC2. The highest BCUT2D eigenvalue weighted by molar-refractivity contribution is 5.29. The second-order valence-corrected chi connectivity index (χ2v) is 6.44. The van der Waals surface area contributed by atoms with Gasteiger partial charge in [-0.05, 0) is 49.8 Å². The van der Waals surface area contributed by atoms with Gasteiger partial charge >= 0.3 is 0 Å². The number of unbranched alkanes of at least 4 members (excludes halogenated alkanes) is 1. The van der Waals surface area contributed by atoms with Gasteiger partial charge in [-0.2, -0.15) is 0 Å². The van der Waals surface area contributed by atoms with Crippen molar-refractivity contribution in [1.29, 1.82) is 0 Å². The fourth-order valence-electron chi connectivity index (χ4n) is 3.54. The molecule has 20 heavy (non-hydrogen) atoms. The first-order chi connectivity index (χ1) is 9.78. The third-order valence-electron chi connectivity index (χ3n) is 4.92. The molecule has 1 aliphatic carbocycles. The van der Waals surface area contributed by atoms with E-state index >= 15 is 0 Å². The van der Waals surface area contributed by atoms with Crippen molar-refractivity contribution in [3.63, 3.8) is 0 Å². The van der Waals surface area contributed by atoms with Crippen LogP contribution in [-0.2, 0) is 13.0 Å². The maximum Gasteiger partial charge on any atom is 0.0335 e. The lowest BCUT2D eigenvalue weighted by atomic mass is 9.99. The Morgan fingerprint density at radius 3 is 2.85 bits per heavy atom. The minimum atomic E-state index is 0.574. The third kappa shape index (κ3) is 3.88. The molecule has 1 aliphatic rings. The fourth-order valence-corrected chi connectivity index (χ4v) is 3.54. The largest absolute Gasteiger partial charge is 0.353 e. The van der Waals surface area contributed by atoms with E-state index in [-0.39, 0.29) is 0 Å². The zero-order valence-electron chi connectivity index (χ0n) is 13.6. The lowest BCUT2D eigenvalue weighted by Crippen LogP contribution is -2.15. The quantitative estimate of drug-likeness (QED) is 0.715. The van der Waals surface area contributed by atoms with Crippen LogP contribution < -0.4 is 5.32 Å². The van der Waals surface area contributed by atoms with Crippen molar-refractivity contribution < 1.29 is 0 Å². The molecule has 2 rings (SSSR count). The van der Waals surface area contributed by atoms with E-state index in [1.165, 1.54) is 57.9 Å². The topological polar surface area (TPSA) is 17.0 Å². The molecule has 2 nitrogen and oxygen atoms in total. The van der Waals surface area contributed by atoms with Gasteiger partial charge in [-0.25, -0.2) is 0 Å². The Morgan fingerprint density at radius 2 is 2.15 bits per heavy atom. The molecule has 1 aromatic rings. The summed E-state index contributed by atoms with van der Waals surface area (Å²) in [5.41, 5.74) is 3.16. The predicted molar refractivity (Wildman–Crippen MR) is 87.1 cm³/mol. The minimum Gasteiger partial charge on any atom is -0.353 e. The third-order valence-corrected chi connectivity index (χ3v) is 4.92. The van der Waals surface area contributed by atoms with Gasteiger partial charge in [0, 0.05) is 25.0 Å². The van der Waals surface area contributed by atoms with Gasteiger partial charge in [0.1, 0.15) is 0 Å². The zero-order valence-corrected chi connectivity index (χ0v) is 13.6. The molecule has 0 saturated heterocycles. The van der Waals surface area contributed by atoms with Gasteiger partial charge in [-0.1, -0.05) is 39.5 Å². The molecule has 0 amide bonds. The summed E-state index contributed by atoms with van der Waals surface area (Å²) in [6.45, 7) is 5.84. The molecule has 1 aromatic heterocycles. The summed E-state index contributed by atoms with van der Waals surface area (Å²) in [5, 5.41) is 3.50. The Bertz CT molecular complexity index is 394. The first-order valence-electron chi connectivity index (χ1n) is 8.64. The Labute approximate surface area is 125 Å². The highest BCUT2D eigenvalue weighted by Crippen LogP contribution is 2.30. The molecular weight excluding hydrogens is 244 g/mol. The van der Waals surface area contributed by atoms with Crippen LogP contribution in [0.1, 0.15) is 76.0 Å². The van der Waals surface area contributed by atoms with E-state index in [2.05, 4.69) is 43.2 Å². The van der Waals surface area contributed by atoms with Crippen molar-refractivity contribution in [2.45, 2.75) is 77.8 Å². The number of nitrogens with zero attached hydrogens (tertiary/aromatic N) is 1. The highest BCUT2D eigenvalue weighted by atomic mass is 15.0. The Morgan fingerprint density at radius 1 is 1.30 bits per heavy atom. The zero-order chi connectivity index (χ0) is 14.4. The summed E-state index contributed by atoms with van der Waals surface area (Å²) in [6.07, 6.45) is 15.5. The maximum absolute atomic E-state index is 3.50. The second-order valence-electron chi connectivity index (χ2n) is 6.44. The summed E-state index contributed by atoms with van der Waals surface area (Å²) in [7, 11) is 2.10. The molecule has 2 unspecified atom stereocenters. The molecule has 2 atom stereocenters. The van der Waals surface area contributed by atoms with E-state index in [4.69, 9.17) is 0 Å². The average Bonchev–Trinajstić information content (AvgIpc) is 2.76. The number of aromatic nitrogens is 1. The van der Waals surface area contributed by atoms with Crippen LogP contribution in [0.5, 0.6) is 0 Å². The molecule has 1 heterocycles. The second kappa shape index (κ2) is 7.87. The number of nitrogens with one attached hydrogen (secondary N) is 1. The number of hydrogen-bond acceptors (Lipinski definition) is 1. The Hall–Kier alpha value is -0.760. The molecule has 0 saturated carbocycles. The van der Waals surface area contributed by atoms with E-state index in [1.54, 1.807) is 11.1 Å². The molecule has 114 valence electrons. The van der Waals surface area contributed by atoms with Crippen molar-refractivity contribution >= 4 is 0 Å². The van der Waals surface area contributed by atoms with Crippen LogP contribution in [0.15, 0.2) is 12.4 Å². The molecular formula is C18H32N2. The van der Waals surface area contributed by atoms with Crippen LogP contribution >= 0.6 is 0 Å². The maximum atomic E-state index is 3.50. The van der Waals surface area contributed by atoms with Gasteiger partial charge in [0.15, 0.2) is 0 Å². The number of aryl methyl sites for hydroxylation is 1. The molecule has 0 fully saturated rings. The smallest absolute Gasteiger partial charge is 0.0335 e. The molecule has 2 heteroatoms. The van der Waals surface area contributed by atoms with Gasteiger partial charge in [-0.3, -0.25) is 0 Å². The van der Waals surface area contributed by atoms with Crippen LogP contribution in [-0.4, -0.2) is 11.6 Å². The highest BCUT2D eigenvalue weighted by Gasteiger charge is 2.19. The van der Waals surface area contributed by atoms with Gasteiger partial charge in [-0.15, -0.1) is 0 Å². The molecule has 0 bridgehead atoms. The Balaban J connectivity index is 2.06. The first kappa shape index (κ1) is 15.6. The first-order valence-corrected chi connectivity index (χ1v) is 8.64. The number of rotatable bonds is 7. The van der Waals surface area contributed by atoms with Crippen molar-refractivity contribution in [3.05, 3.63) is 23.5 Å². The van der Waals surface area contributed by atoms with Gasteiger partial charge in [0.2, 0.25) is 0 Å². The molecule has 0 radical (unpaired) electrons. The lowest BCUT2D eigenvalue weighted by Gasteiger charge is -2.16. The molecule has 0 aromatic carbocycles. The summed E-state index contributed by atoms with van der Waals surface area (Å²) in [6, 6.07) is 0.574. The van der Waals surface area contributed by atoms with Gasteiger partial charge in [0.05, 0.1) is 0 Å². The van der Waals surface area contributed by atoms with Crippen molar-refractivity contribution in [2.75, 3.05) is 7.05 Å². The van der Waals surface area contributed by atoms with E-state index in [1.807, 2.05) is 0 Å².